The third-order valence-corrected chi connectivity index (χ3v) is 1.83. The maximum absolute atomic E-state index is 13.0. The Morgan fingerprint density at radius 3 is 2.57 bits per heavy atom. The molecule has 76 valence electrons. The second kappa shape index (κ2) is 3.63. The van der Waals surface area contributed by atoms with E-state index in [-0.39, 0.29) is 11.1 Å². The van der Waals surface area contributed by atoms with Gasteiger partial charge in [0.05, 0.1) is 5.56 Å². The standard InChI is InChI=1S/C9H10FNO3/c1-4(11)6-2-5(9(13)14)3-7(10)8(6)12/h2-4,12H,11H2,1H3,(H,13,14)/t4-/m1/s1. The molecule has 0 saturated heterocycles. The molecule has 0 radical (unpaired) electrons. The Balaban J connectivity index is 3.35. The van der Waals surface area contributed by atoms with Crippen molar-refractivity contribution < 1.29 is 19.4 Å². The van der Waals surface area contributed by atoms with E-state index in [0.717, 1.165) is 12.1 Å². The van der Waals surface area contributed by atoms with Crippen LogP contribution in [0.3, 0.4) is 0 Å². The summed E-state index contributed by atoms with van der Waals surface area (Å²) in [6.45, 7) is 1.53. The average Bonchev–Trinajstić information content (AvgIpc) is 2.08. The lowest BCUT2D eigenvalue weighted by Crippen LogP contribution is -2.08. The molecule has 0 aromatic heterocycles. The van der Waals surface area contributed by atoms with Crippen molar-refractivity contribution in [3.05, 3.63) is 29.1 Å². The van der Waals surface area contributed by atoms with Crippen LogP contribution in [0.25, 0.3) is 0 Å². The van der Waals surface area contributed by atoms with Crippen molar-refractivity contribution in [3.63, 3.8) is 0 Å². The first-order valence-electron chi connectivity index (χ1n) is 3.94. The van der Waals surface area contributed by atoms with E-state index in [9.17, 15) is 14.3 Å². The molecule has 0 saturated carbocycles. The van der Waals surface area contributed by atoms with Gasteiger partial charge in [-0.1, -0.05) is 0 Å². The van der Waals surface area contributed by atoms with Crippen LogP contribution in [0.2, 0.25) is 0 Å². The van der Waals surface area contributed by atoms with Crippen molar-refractivity contribution in [3.8, 4) is 5.75 Å². The van der Waals surface area contributed by atoms with Crippen LogP contribution in [0.5, 0.6) is 5.75 Å². The Morgan fingerprint density at radius 1 is 1.57 bits per heavy atom. The second-order valence-corrected chi connectivity index (χ2v) is 2.99. The Bertz CT molecular complexity index is 377. The number of hydrogen-bond donors (Lipinski definition) is 3. The van der Waals surface area contributed by atoms with E-state index >= 15 is 0 Å². The summed E-state index contributed by atoms with van der Waals surface area (Å²) < 4.78 is 13.0. The van der Waals surface area contributed by atoms with E-state index in [2.05, 4.69) is 0 Å². The largest absolute Gasteiger partial charge is 0.505 e. The number of aromatic carboxylic acids is 1. The number of phenols is 1. The highest BCUT2D eigenvalue weighted by atomic mass is 19.1. The lowest BCUT2D eigenvalue weighted by atomic mass is 10.0. The van der Waals surface area contributed by atoms with Crippen LogP contribution >= 0.6 is 0 Å². The summed E-state index contributed by atoms with van der Waals surface area (Å²) in [6, 6.07) is 1.29. The van der Waals surface area contributed by atoms with E-state index < -0.39 is 23.6 Å². The van der Waals surface area contributed by atoms with Crippen LogP contribution in [0, 0.1) is 5.82 Å². The third-order valence-electron chi connectivity index (χ3n) is 1.83. The van der Waals surface area contributed by atoms with Crippen LogP contribution < -0.4 is 5.73 Å². The number of halogens is 1. The quantitative estimate of drug-likeness (QED) is 0.669. The molecule has 4 N–H and O–H groups in total. The highest BCUT2D eigenvalue weighted by Gasteiger charge is 2.15. The van der Waals surface area contributed by atoms with E-state index in [0.29, 0.717) is 0 Å². The van der Waals surface area contributed by atoms with Gasteiger partial charge in [-0.05, 0) is 19.1 Å². The second-order valence-electron chi connectivity index (χ2n) is 2.99. The first-order valence-corrected chi connectivity index (χ1v) is 3.94. The summed E-state index contributed by atoms with van der Waals surface area (Å²) in [7, 11) is 0. The molecule has 1 aromatic carbocycles. The molecule has 1 rings (SSSR count). The summed E-state index contributed by atoms with van der Waals surface area (Å²) in [5.74, 6) is -2.83. The average molecular weight is 199 g/mol. The van der Waals surface area contributed by atoms with Gasteiger partial charge in [0.15, 0.2) is 11.6 Å². The Morgan fingerprint density at radius 2 is 2.14 bits per heavy atom. The van der Waals surface area contributed by atoms with Gasteiger partial charge in [-0.2, -0.15) is 0 Å². The number of hydrogen-bond acceptors (Lipinski definition) is 3. The first kappa shape index (κ1) is 10.5. The van der Waals surface area contributed by atoms with Gasteiger partial charge >= 0.3 is 5.97 Å². The van der Waals surface area contributed by atoms with Gasteiger partial charge in [0.2, 0.25) is 0 Å². The van der Waals surface area contributed by atoms with Crippen LogP contribution in [0.4, 0.5) is 4.39 Å². The van der Waals surface area contributed by atoms with Gasteiger partial charge < -0.3 is 15.9 Å². The van der Waals surface area contributed by atoms with Gasteiger partial charge in [0, 0.05) is 11.6 Å². The number of carboxylic acids is 1. The summed E-state index contributed by atoms with van der Waals surface area (Å²) in [5.41, 5.74) is 5.29. The summed E-state index contributed by atoms with van der Waals surface area (Å²) in [4.78, 5) is 10.6. The van der Waals surface area contributed by atoms with Crippen molar-refractivity contribution in [2.45, 2.75) is 13.0 Å². The number of carboxylic acid groups (broad SMARTS) is 1. The monoisotopic (exact) mass is 199 g/mol. The van der Waals surface area contributed by atoms with E-state index in [1.807, 2.05) is 0 Å². The minimum atomic E-state index is -1.26. The Kier molecular flexibility index (Phi) is 2.71. The van der Waals surface area contributed by atoms with Crippen LogP contribution in [0.15, 0.2) is 12.1 Å². The number of carbonyl (C=O) groups is 1. The molecule has 0 aliphatic heterocycles. The summed E-state index contributed by atoms with van der Waals surface area (Å²) >= 11 is 0. The maximum Gasteiger partial charge on any atom is 0.335 e. The number of nitrogens with two attached hydrogens (primary N) is 1. The number of phenolic OH excluding ortho intramolecular Hbond substituents is 1. The van der Waals surface area contributed by atoms with Gasteiger partial charge in [-0.25, -0.2) is 9.18 Å². The molecule has 1 atom stereocenters. The fraction of sp³-hybridized carbons (Fsp3) is 0.222. The molecule has 0 aliphatic carbocycles. The molecule has 0 bridgehead atoms. The molecular weight excluding hydrogens is 189 g/mol. The molecule has 0 spiro atoms. The predicted molar refractivity (Wildman–Crippen MR) is 47.6 cm³/mol. The highest BCUT2D eigenvalue weighted by Crippen LogP contribution is 2.27. The van der Waals surface area contributed by atoms with E-state index in [1.165, 1.54) is 6.92 Å². The predicted octanol–water partition coefficient (Wildman–Crippen LogP) is 1.25. The Labute approximate surface area is 79.8 Å². The third kappa shape index (κ3) is 1.82. The Hall–Kier alpha value is -1.62. The lowest BCUT2D eigenvalue weighted by Gasteiger charge is -2.09. The maximum atomic E-state index is 13.0. The number of rotatable bonds is 2. The molecule has 0 fully saturated rings. The van der Waals surface area contributed by atoms with Crippen molar-refractivity contribution in [2.75, 3.05) is 0 Å². The van der Waals surface area contributed by atoms with Crippen LogP contribution in [0.1, 0.15) is 28.9 Å². The van der Waals surface area contributed by atoms with Gasteiger partial charge in [-0.15, -0.1) is 0 Å². The zero-order chi connectivity index (χ0) is 10.9. The molecule has 5 heteroatoms. The highest BCUT2D eigenvalue weighted by molar-refractivity contribution is 5.88. The van der Waals surface area contributed by atoms with E-state index in [4.69, 9.17) is 10.8 Å². The molecular formula is C9H10FNO3. The topological polar surface area (TPSA) is 83.6 Å². The fourth-order valence-electron chi connectivity index (χ4n) is 1.09. The summed E-state index contributed by atoms with van der Waals surface area (Å²) in [5, 5.41) is 17.8. The fourth-order valence-corrected chi connectivity index (χ4v) is 1.09. The normalized spacial score (nSPS) is 12.5. The minimum absolute atomic E-state index is 0.0856. The zero-order valence-corrected chi connectivity index (χ0v) is 7.49. The van der Waals surface area contributed by atoms with Crippen LogP contribution in [-0.2, 0) is 0 Å². The molecule has 1 aromatic rings. The SMILES string of the molecule is C[C@@H](N)c1cc(C(=O)O)cc(F)c1O. The number of benzene rings is 1. The van der Waals surface area contributed by atoms with Crippen molar-refractivity contribution in [1.29, 1.82) is 0 Å². The lowest BCUT2D eigenvalue weighted by molar-refractivity contribution is 0.0696. The summed E-state index contributed by atoms with van der Waals surface area (Å²) in [6.07, 6.45) is 0. The molecule has 0 unspecified atom stereocenters. The molecule has 4 nitrogen and oxygen atoms in total. The van der Waals surface area contributed by atoms with Crippen molar-refractivity contribution in [2.24, 2.45) is 5.73 Å². The first-order chi connectivity index (χ1) is 6.43. The number of aromatic hydroxyl groups is 1. The van der Waals surface area contributed by atoms with E-state index in [1.54, 1.807) is 0 Å². The van der Waals surface area contributed by atoms with Gasteiger partial charge in [0.1, 0.15) is 0 Å². The van der Waals surface area contributed by atoms with Gasteiger partial charge in [0.25, 0.3) is 0 Å². The molecule has 0 heterocycles. The van der Waals surface area contributed by atoms with Gasteiger partial charge in [-0.3, -0.25) is 0 Å². The smallest absolute Gasteiger partial charge is 0.335 e. The van der Waals surface area contributed by atoms with Crippen molar-refractivity contribution >= 4 is 5.97 Å². The molecule has 0 amide bonds. The zero-order valence-electron chi connectivity index (χ0n) is 7.49. The van der Waals surface area contributed by atoms with Crippen LogP contribution in [-0.4, -0.2) is 16.2 Å². The molecule has 0 aliphatic rings. The minimum Gasteiger partial charge on any atom is -0.505 e. The molecule has 14 heavy (non-hydrogen) atoms. The van der Waals surface area contributed by atoms with Crippen molar-refractivity contribution in [1.82, 2.24) is 0 Å².